The van der Waals surface area contributed by atoms with Gasteiger partial charge in [-0.3, -0.25) is 14.4 Å². The molecule has 2 aliphatic heterocycles. The van der Waals surface area contributed by atoms with Crippen LogP contribution in [0.2, 0.25) is 0 Å². The lowest BCUT2D eigenvalue weighted by Crippen LogP contribution is -2.55. The minimum absolute atomic E-state index is 0. The molecular weight excluding hydrogens is 308 g/mol. The lowest BCUT2D eigenvalue weighted by molar-refractivity contribution is -0.145. The number of hydrogen-bond acceptors (Lipinski definition) is 4. The first-order chi connectivity index (χ1) is 10.1. The Kier molecular flexibility index (Phi) is 5.63. The molecule has 3 fully saturated rings. The summed E-state index contributed by atoms with van der Waals surface area (Å²) in [6, 6.07) is 0.231. The summed E-state index contributed by atoms with van der Waals surface area (Å²) >= 11 is 0. The fourth-order valence-corrected chi connectivity index (χ4v) is 2.98. The van der Waals surface area contributed by atoms with E-state index in [2.05, 4.69) is 10.6 Å². The Morgan fingerprint density at radius 3 is 2.59 bits per heavy atom. The van der Waals surface area contributed by atoms with E-state index in [1.807, 2.05) is 4.90 Å². The number of carbonyl (C=O) groups is 3. The second-order valence-electron chi connectivity index (χ2n) is 6.00. The summed E-state index contributed by atoms with van der Waals surface area (Å²) in [4.78, 5) is 39.3. The molecular formula is C14H23ClN4O3. The lowest BCUT2D eigenvalue weighted by Gasteiger charge is -2.34. The number of nitrogens with one attached hydrogen (secondary N) is 2. The largest absolute Gasteiger partial charge is 0.346 e. The second-order valence-corrected chi connectivity index (χ2v) is 6.00. The number of carbonyl (C=O) groups excluding carboxylic acids is 3. The SMILES string of the molecule is Cl.O=C(NCC(=O)N1CCN(C2CC2)C(=O)C1)C1CCCN1. The first kappa shape index (κ1) is 17.0. The normalized spacial score (nSPS) is 24.9. The van der Waals surface area contributed by atoms with Crippen molar-refractivity contribution >= 4 is 30.1 Å². The van der Waals surface area contributed by atoms with Crippen LogP contribution in [0.5, 0.6) is 0 Å². The van der Waals surface area contributed by atoms with Gasteiger partial charge in [-0.2, -0.15) is 0 Å². The standard InChI is InChI=1S/C14H22N4O3.ClH/c19-12(8-16-14(21)11-2-1-5-15-11)17-6-7-18(10-3-4-10)13(20)9-17;/h10-11,15H,1-9H2,(H,16,21);1H. The first-order valence-corrected chi connectivity index (χ1v) is 7.73. The molecule has 0 aromatic carbocycles. The molecule has 3 rings (SSSR count). The quantitative estimate of drug-likeness (QED) is 0.700. The Balaban J connectivity index is 0.00000176. The van der Waals surface area contributed by atoms with Crippen molar-refractivity contribution in [2.75, 3.05) is 32.7 Å². The van der Waals surface area contributed by atoms with E-state index < -0.39 is 0 Å². The summed E-state index contributed by atoms with van der Waals surface area (Å²) < 4.78 is 0. The maximum Gasteiger partial charge on any atom is 0.242 e. The molecule has 1 unspecified atom stereocenters. The van der Waals surface area contributed by atoms with Gasteiger partial charge in [0.05, 0.1) is 19.1 Å². The molecule has 124 valence electrons. The molecule has 7 nitrogen and oxygen atoms in total. The number of amides is 3. The summed E-state index contributed by atoms with van der Waals surface area (Å²) in [5.41, 5.74) is 0. The molecule has 1 saturated carbocycles. The minimum atomic E-state index is -0.176. The molecule has 0 spiro atoms. The average molecular weight is 331 g/mol. The van der Waals surface area contributed by atoms with E-state index in [0.717, 1.165) is 32.2 Å². The van der Waals surface area contributed by atoms with Gasteiger partial charge in [0.2, 0.25) is 17.7 Å². The first-order valence-electron chi connectivity index (χ1n) is 7.73. The average Bonchev–Trinajstić information content (AvgIpc) is 3.17. The van der Waals surface area contributed by atoms with Crippen LogP contribution in [-0.4, -0.2) is 72.3 Å². The Morgan fingerprint density at radius 1 is 1.23 bits per heavy atom. The van der Waals surface area contributed by atoms with E-state index in [0.29, 0.717) is 19.1 Å². The van der Waals surface area contributed by atoms with Crippen molar-refractivity contribution in [3.05, 3.63) is 0 Å². The fraction of sp³-hybridized carbons (Fsp3) is 0.786. The van der Waals surface area contributed by atoms with E-state index >= 15 is 0 Å². The van der Waals surface area contributed by atoms with Crippen LogP contribution in [-0.2, 0) is 14.4 Å². The Hall–Kier alpha value is -1.34. The molecule has 1 aliphatic carbocycles. The van der Waals surface area contributed by atoms with E-state index in [-0.39, 0.29) is 49.3 Å². The molecule has 22 heavy (non-hydrogen) atoms. The Bertz CT molecular complexity index is 449. The summed E-state index contributed by atoms with van der Waals surface area (Å²) in [6.45, 7) is 2.16. The minimum Gasteiger partial charge on any atom is -0.346 e. The van der Waals surface area contributed by atoms with Crippen LogP contribution in [0.15, 0.2) is 0 Å². The monoisotopic (exact) mass is 330 g/mol. The zero-order valence-electron chi connectivity index (χ0n) is 12.5. The predicted molar refractivity (Wildman–Crippen MR) is 82.6 cm³/mol. The zero-order chi connectivity index (χ0) is 14.8. The van der Waals surface area contributed by atoms with Gasteiger partial charge in [-0.05, 0) is 32.2 Å². The molecule has 0 aromatic rings. The van der Waals surface area contributed by atoms with Crippen molar-refractivity contribution in [2.45, 2.75) is 37.8 Å². The summed E-state index contributed by atoms with van der Waals surface area (Å²) in [5, 5.41) is 5.76. The molecule has 0 bridgehead atoms. The van der Waals surface area contributed by atoms with Crippen LogP contribution >= 0.6 is 12.4 Å². The van der Waals surface area contributed by atoms with Gasteiger partial charge in [0.15, 0.2) is 0 Å². The molecule has 8 heteroatoms. The smallest absolute Gasteiger partial charge is 0.242 e. The van der Waals surface area contributed by atoms with Gasteiger partial charge < -0.3 is 20.4 Å². The van der Waals surface area contributed by atoms with E-state index in [9.17, 15) is 14.4 Å². The van der Waals surface area contributed by atoms with E-state index in [4.69, 9.17) is 0 Å². The molecule has 3 aliphatic rings. The number of hydrogen-bond donors (Lipinski definition) is 2. The number of nitrogens with zero attached hydrogens (tertiary/aromatic N) is 2. The number of halogens is 1. The summed E-state index contributed by atoms with van der Waals surface area (Å²) in [7, 11) is 0. The molecule has 2 N–H and O–H groups in total. The van der Waals surface area contributed by atoms with Gasteiger partial charge >= 0.3 is 0 Å². The van der Waals surface area contributed by atoms with Crippen molar-refractivity contribution in [3.8, 4) is 0 Å². The van der Waals surface area contributed by atoms with Gasteiger partial charge in [0, 0.05) is 19.1 Å². The molecule has 0 aromatic heterocycles. The van der Waals surface area contributed by atoms with Crippen molar-refractivity contribution in [2.24, 2.45) is 0 Å². The lowest BCUT2D eigenvalue weighted by atomic mass is 10.2. The third-order valence-electron chi connectivity index (χ3n) is 4.39. The third-order valence-corrected chi connectivity index (χ3v) is 4.39. The van der Waals surface area contributed by atoms with Gasteiger partial charge in [0.25, 0.3) is 0 Å². The molecule has 1 atom stereocenters. The van der Waals surface area contributed by atoms with Crippen molar-refractivity contribution in [3.63, 3.8) is 0 Å². The van der Waals surface area contributed by atoms with Crippen LogP contribution < -0.4 is 10.6 Å². The Morgan fingerprint density at radius 2 is 2.00 bits per heavy atom. The molecule has 0 radical (unpaired) electrons. The summed E-state index contributed by atoms with van der Waals surface area (Å²) in [5.74, 6) is -0.269. The van der Waals surface area contributed by atoms with Crippen molar-refractivity contribution in [1.29, 1.82) is 0 Å². The fourth-order valence-electron chi connectivity index (χ4n) is 2.98. The van der Waals surface area contributed by atoms with Gasteiger partial charge in [-0.1, -0.05) is 0 Å². The van der Waals surface area contributed by atoms with Crippen LogP contribution in [0.25, 0.3) is 0 Å². The second kappa shape index (κ2) is 7.28. The van der Waals surface area contributed by atoms with Gasteiger partial charge in [0.1, 0.15) is 0 Å². The van der Waals surface area contributed by atoms with Crippen LogP contribution in [0.1, 0.15) is 25.7 Å². The third kappa shape index (κ3) is 3.89. The summed E-state index contributed by atoms with van der Waals surface area (Å²) in [6.07, 6.45) is 3.98. The highest BCUT2D eigenvalue weighted by Gasteiger charge is 2.36. The van der Waals surface area contributed by atoms with Crippen molar-refractivity contribution < 1.29 is 14.4 Å². The number of rotatable bonds is 4. The van der Waals surface area contributed by atoms with Crippen LogP contribution in [0.3, 0.4) is 0 Å². The highest BCUT2D eigenvalue weighted by Crippen LogP contribution is 2.27. The van der Waals surface area contributed by atoms with Crippen LogP contribution in [0.4, 0.5) is 0 Å². The van der Waals surface area contributed by atoms with Gasteiger partial charge in [-0.15, -0.1) is 12.4 Å². The highest BCUT2D eigenvalue weighted by molar-refractivity contribution is 5.90. The topological polar surface area (TPSA) is 81.8 Å². The maximum atomic E-state index is 12.1. The highest BCUT2D eigenvalue weighted by atomic mass is 35.5. The number of piperazine rings is 1. The van der Waals surface area contributed by atoms with Crippen LogP contribution in [0, 0.1) is 0 Å². The zero-order valence-corrected chi connectivity index (χ0v) is 13.4. The van der Waals surface area contributed by atoms with Gasteiger partial charge in [-0.25, -0.2) is 0 Å². The molecule has 2 saturated heterocycles. The Labute approximate surface area is 136 Å². The van der Waals surface area contributed by atoms with E-state index in [1.165, 1.54) is 0 Å². The van der Waals surface area contributed by atoms with Crippen molar-refractivity contribution in [1.82, 2.24) is 20.4 Å². The predicted octanol–water partition coefficient (Wildman–Crippen LogP) is -0.890. The molecule has 2 heterocycles. The maximum absolute atomic E-state index is 12.1. The van der Waals surface area contributed by atoms with E-state index in [1.54, 1.807) is 4.90 Å². The molecule has 3 amide bonds.